The predicted molar refractivity (Wildman–Crippen MR) is 213 cm³/mol. The second kappa shape index (κ2) is 11.6. The maximum Gasteiger partial charge on any atom is 0.159 e. The molecule has 1 heterocycles. The fraction of sp³-hybridized carbons (Fsp3) is 0.143. The van der Waals surface area contributed by atoms with Gasteiger partial charge < -0.3 is 9.32 Å². The van der Waals surface area contributed by atoms with Gasteiger partial charge in [0.15, 0.2) is 5.58 Å². The van der Waals surface area contributed by atoms with Gasteiger partial charge >= 0.3 is 0 Å². The Hall–Kier alpha value is -5.86. The van der Waals surface area contributed by atoms with Gasteiger partial charge in [-0.2, -0.15) is 0 Å². The molecule has 0 unspecified atom stereocenters. The molecule has 2 aliphatic rings. The van der Waals surface area contributed by atoms with Crippen molar-refractivity contribution in [2.75, 3.05) is 4.90 Å². The molecule has 7 aromatic carbocycles. The molecule has 0 aliphatic heterocycles. The van der Waals surface area contributed by atoms with Crippen molar-refractivity contribution in [1.29, 1.82) is 0 Å². The minimum absolute atomic E-state index is 0.150. The monoisotopic (exact) mass is 657 g/mol. The zero-order chi connectivity index (χ0) is 34.1. The fourth-order valence-corrected chi connectivity index (χ4v) is 8.80. The Morgan fingerprint density at radius 3 is 2.06 bits per heavy atom. The van der Waals surface area contributed by atoms with E-state index in [1.807, 2.05) is 6.07 Å². The van der Waals surface area contributed by atoms with E-state index in [0.717, 1.165) is 39.0 Å². The van der Waals surface area contributed by atoms with E-state index in [9.17, 15) is 0 Å². The summed E-state index contributed by atoms with van der Waals surface area (Å²) in [5.74, 6) is 0. The summed E-state index contributed by atoms with van der Waals surface area (Å²) in [6.07, 6.45) is 4.98. The van der Waals surface area contributed by atoms with E-state index in [-0.39, 0.29) is 5.41 Å². The highest BCUT2D eigenvalue weighted by Crippen LogP contribution is 2.54. The first-order valence-electron chi connectivity index (χ1n) is 18.3. The maximum absolute atomic E-state index is 6.70. The summed E-state index contributed by atoms with van der Waals surface area (Å²) in [4.78, 5) is 2.41. The van der Waals surface area contributed by atoms with Gasteiger partial charge in [0.2, 0.25) is 0 Å². The van der Waals surface area contributed by atoms with E-state index < -0.39 is 0 Å². The lowest BCUT2D eigenvalue weighted by molar-refractivity contribution is 0.660. The Bertz CT molecular complexity index is 2610. The molecule has 51 heavy (non-hydrogen) atoms. The third-order valence-electron chi connectivity index (χ3n) is 11.5. The van der Waals surface area contributed by atoms with Crippen LogP contribution in [0.5, 0.6) is 0 Å². The van der Waals surface area contributed by atoms with Crippen molar-refractivity contribution >= 4 is 39.0 Å². The summed E-state index contributed by atoms with van der Waals surface area (Å²) in [5, 5.41) is 2.25. The lowest BCUT2D eigenvalue weighted by Gasteiger charge is -2.30. The number of rotatable bonds is 5. The lowest BCUT2D eigenvalue weighted by atomic mass is 9.81. The number of hydrogen-bond donors (Lipinski definition) is 0. The zero-order valence-electron chi connectivity index (χ0n) is 29.1. The Kier molecular flexibility index (Phi) is 6.83. The molecule has 2 aliphatic carbocycles. The Balaban J connectivity index is 1.21. The Morgan fingerprint density at radius 2 is 1.20 bits per heavy atom. The van der Waals surface area contributed by atoms with Gasteiger partial charge in [0.25, 0.3) is 0 Å². The Labute approximate surface area is 299 Å². The smallest absolute Gasteiger partial charge is 0.159 e. The summed E-state index contributed by atoms with van der Waals surface area (Å²) >= 11 is 0. The van der Waals surface area contributed by atoms with Crippen LogP contribution in [0.3, 0.4) is 0 Å². The molecule has 0 saturated heterocycles. The van der Waals surface area contributed by atoms with Crippen LogP contribution in [0.15, 0.2) is 156 Å². The van der Waals surface area contributed by atoms with Crippen LogP contribution in [0.25, 0.3) is 55.3 Å². The van der Waals surface area contributed by atoms with Gasteiger partial charge in [-0.25, -0.2) is 0 Å². The average Bonchev–Trinajstić information content (AvgIpc) is 3.67. The van der Waals surface area contributed by atoms with Crippen LogP contribution in [0.2, 0.25) is 0 Å². The number of furan rings is 1. The standard InChI is InChI=1S/C49H39NO/c1-49(2)43-20-10-8-17-38(43)42-30-41(34-26-23-33(24-27-34)36-28-25-32-13-6-7-14-35(32)29-36)46(31-44(42)49)50(37-15-4-3-5-16-37)45-21-12-19-40-39-18-9-11-22-47(39)51-48(40)45/h3-5,8-12,15-31H,6-7,13-14H2,1-2H3. The number of aryl methyl sites for hydroxylation is 2. The van der Waals surface area contributed by atoms with Crippen molar-refractivity contribution in [3.05, 3.63) is 174 Å². The third kappa shape index (κ3) is 4.77. The van der Waals surface area contributed by atoms with Crippen LogP contribution in [0.4, 0.5) is 17.1 Å². The maximum atomic E-state index is 6.70. The molecule has 2 heteroatoms. The molecule has 246 valence electrons. The molecule has 0 spiro atoms. The number of fused-ring (bicyclic) bond motifs is 7. The van der Waals surface area contributed by atoms with Crippen molar-refractivity contribution in [2.24, 2.45) is 0 Å². The molecule has 0 radical (unpaired) electrons. The number of anilines is 3. The second-order valence-electron chi connectivity index (χ2n) is 14.8. The third-order valence-corrected chi connectivity index (χ3v) is 11.5. The van der Waals surface area contributed by atoms with E-state index >= 15 is 0 Å². The molecule has 8 aromatic rings. The summed E-state index contributed by atoms with van der Waals surface area (Å²) in [7, 11) is 0. The summed E-state index contributed by atoms with van der Waals surface area (Å²) in [5.41, 5.74) is 18.2. The molecule has 2 nitrogen and oxygen atoms in total. The van der Waals surface area contributed by atoms with Gasteiger partial charge in [-0.3, -0.25) is 0 Å². The van der Waals surface area contributed by atoms with Crippen molar-refractivity contribution in [1.82, 2.24) is 0 Å². The van der Waals surface area contributed by atoms with Crippen LogP contribution >= 0.6 is 0 Å². The Morgan fingerprint density at radius 1 is 0.490 bits per heavy atom. The summed E-state index contributed by atoms with van der Waals surface area (Å²) in [6, 6.07) is 55.8. The number of benzene rings is 7. The topological polar surface area (TPSA) is 16.4 Å². The molecule has 0 fully saturated rings. The highest BCUT2D eigenvalue weighted by atomic mass is 16.3. The van der Waals surface area contributed by atoms with Gasteiger partial charge in [0.05, 0.1) is 11.4 Å². The van der Waals surface area contributed by atoms with E-state index in [0.29, 0.717) is 0 Å². The van der Waals surface area contributed by atoms with Crippen molar-refractivity contribution in [3.63, 3.8) is 0 Å². The van der Waals surface area contributed by atoms with Gasteiger partial charge in [-0.15, -0.1) is 0 Å². The number of para-hydroxylation sites is 3. The molecule has 0 saturated carbocycles. The van der Waals surface area contributed by atoms with Crippen LogP contribution in [-0.2, 0) is 18.3 Å². The zero-order valence-corrected chi connectivity index (χ0v) is 29.1. The van der Waals surface area contributed by atoms with Gasteiger partial charge in [-0.1, -0.05) is 129 Å². The molecule has 0 N–H and O–H groups in total. The highest BCUT2D eigenvalue weighted by Gasteiger charge is 2.37. The number of hydrogen-bond acceptors (Lipinski definition) is 2. The number of nitrogens with zero attached hydrogens (tertiary/aromatic N) is 1. The first-order valence-corrected chi connectivity index (χ1v) is 18.3. The van der Waals surface area contributed by atoms with Crippen LogP contribution < -0.4 is 4.90 Å². The van der Waals surface area contributed by atoms with Gasteiger partial charge in [0.1, 0.15) is 5.58 Å². The van der Waals surface area contributed by atoms with E-state index in [1.165, 1.54) is 81.3 Å². The SMILES string of the molecule is CC1(C)c2ccccc2-c2cc(-c3ccc(-c4ccc5c(c4)CCCC5)cc3)c(N(c3ccccc3)c3cccc4c3oc3ccccc34)cc21. The minimum Gasteiger partial charge on any atom is -0.454 e. The molecule has 0 atom stereocenters. The highest BCUT2D eigenvalue weighted by molar-refractivity contribution is 6.11. The van der Waals surface area contributed by atoms with Crippen molar-refractivity contribution < 1.29 is 4.42 Å². The second-order valence-corrected chi connectivity index (χ2v) is 14.8. The van der Waals surface area contributed by atoms with E-state index in [4.69, 9.17) is 4.42 Å². The molecular formula is C49H39NO. The summed E-state index contributed by atoms with van der Waals surface area (Å²) < 4.78 is 6.70. The first kappa shape index (κ1) is 30.0. The van der Waals surface area contributed by atoms with Gasteiger partial charge in [0, 0.05) is 27.4 Å². The van der Waals surface area contributed by atoms with Crippen LogP contribution in [0, 0.1) is 0 Å². The van der Waals surface area contributed by atoms with E-state index in [1.54, 1.807) is 0 Å². The summed E-state index contributed by atoms with van der Waals surface area (Å²) in [6.45, 7) is 4.72. The largest absolute Gasteiger partial charge is 0.454 e. The average molecular weight is 658 g/mol. The lowest BCUT2D eigenvalue weighted by Crippen LogP contribution is -2.17. The molecule has 0 amide bonds. The van der Waals surface area contributed by atoms with E-state index in [2.05, 4.69) is 164 Å². The normalized spacial score (nSPS) is 14.3. The predicted octanol–water partition coefficient (Wildman–Crippen LogP) is 13.6. The van der Waals surface area contributed by atoms with Gasteiger partial charge in [-0.05, 0) is 112 Å². The first-order chi connectivity index (χ1) is 25.0. The molecular weight excluding hydrogens is 619 g/mol. The van der Waals surface area contributed by atoms with Crippen LogP contribution in [-0.4, -0.2) is 0 Å². The minimum atomic E-state index is -0.150. The quantitative estimate of drug-likeness (QED) is 0.183. The molecule has 10 rings (SSSR count). The van der Waals surface area contributed by atoms with Crippen molar-refractivity contribution in [2.45, 2.75) is 44.9 Å². The molecule has 1 aromatic heterocycles. The van der Waals surface area contributed by atoms with Crippen LogP contribution in [0.1, 0.15) is 48.9 Å². The fourth-order valence-electron chi connectivity index (χ4n) is 8.80. The molecule has 0 bridgehead atoms. The van der Waals surface area contributed by atoms with Crippen molar-refractivity contribution in [3.8, 4) is 33.4 Å².